The molecule has 1 saturated heterocycles. The fourth-order valence-corrected chi connectivity index (χ4v) is 5.55. The number of urea groups is 1. The number of ether oxygens (including phenoxy) is 2. The molecule has 0 atom stereocenters. The first-order chi connectivity index (χ1) is 19.8. The topological polar surface area (TPSA) is 84.9 Å². The van der Waals surface area contributed by atoms with E-state index in [1.54, 1.807) is 48.5 Å². The number of imide groups is 2. The predicted molar refractivity (Wildman–Crippen MR) is 164 cm³/mol. The molecule has 10 heteroatoms. The Bertz CT molecular complexity index is 1640. The summed E-state index contributed by atoms with van der Waals surface area (Å²) in [5.41, 5.74) is 2.40. The van der Waals surface area contributed by atoms with Crippen LogP contribution in [-0.2, 0) is 22.8 Å². The molecule has 4 aromatic carbocycles. The van der Waals surface area contributed by atoms with E-state index >= 15 is 0 Å². The minimum absolute atomic E-state index is 0.219. The predicted octanol–water partition coefficient (Wildman–Crippen LogP) is 7.69. The molecular weight excluding hydrogens is 676 g/mol. The number of carbonyl (C=O) groups excluding carboxylic acids is 3. The number of nitrogens with zero attached hydrogens (tertiary/aromatic N) is 1. The lowest BCUT2D eigenvalue weighted by Crippen LogP contribution is -2.54. The summed E-state index contributed by atoms with van der Waals surface area (Å²) in [6.07, 6.45) is 1.40. The summed E-state index contributed by atoms with van der Waals surface area (Å²) in [6.45, 7) is 0.590. The Morgan fingerprint density at radius 3 is 2.17 bits per heavy atom. The van der Waals surface area contributed by atoms with Gasteiger partial charge in [-0.2, -0.15) is 0 Å². The van der Waals surface area contributed by atoms with Crippen LogP contribution in [0.5, 0.6) is 11.5 Å². The monoisotopic (exact) mass is 694 g/mol. The standard InChI is InChI=1S/C31H21Br2ClN2O5/c32-22-14-21(28(27(33)16-22)41-18-20-6-8-23(34)9-7-20)15-26-29(37)35-31(39)36(30(26)38)24-10-12-25(13-11-24)40-17-19-4-2-1-3-5-19/h1-16H,17-18H2,(H,35,37,39)/b26-15+. The van der Waals surface area contributed by atoms with Crippen LogP contribution in [0.3, 0.4) is 0 Å². The Morgan fingerprint density at radius 2 is 1.46 bits per heavy atom. The largest absolute Gasteiger partial charge is 0.489 e. The lowest BCUT2D eigenvalue weighted by atomic mass is 10.1. The van der Waals surface area contributed by atoms with Crippen molar-refractivity contribution in [2.75, 3.05) is 4.90 Å². The van der Waals surface area contributed by atoms with E-state index in [1.165, 1.54) is 6.08 Å². The summed E-state index contributed by atoms with van der Waals surface area (Å²) < 4.78 is 13.2. The van der Waals surface area contributed by atoms with E-state index in [2.05, 4.69) is 37.2 Å². The molecular formula is C31H21Br2ClN2O5. The molecule has 0 aromatic heterocycles. The lowest BCUT2D eigenvalue weighted by Gasteiger charge is -2.26. The molecule has 7 nitrogen and oxygen atoms in total. The zero-order valence-electron chi connectivity index (χ0n) is 21.3. The van der Waals surface area contributed by atoms with Crippen LogP contribution >= 0.6 is 43.5 Å². The number of halogens is 3. The van der Waals surface area contributed by atoms with Gasteiger partial charge in [0.15, 0.2) is 0 Å². The Morgan fingerprint density at radius 1 is 0.805 bits per heavy atom. The van der Waals surface area contributed by atoms with Gasteiger partial charge in [-0.25, -0.2) is 9.69 Å². The van der Waals surface area contributed by atoms with Crippen molar-refractivity contribution in [3.05, 3.63) is 127 Å². The Balaban J connectivity index is 1.39. The van der Waals surface area contributed by atoms with Crippen molar-refractivity contribution in [2.24, 2.45) is 0 Å². The van der Waals surface area contributed by atoms with Gasteiger partial charge < -0.3 is 9.47 Å². The first kappa shape index (κ1) is 28.6. The number of hydrogen-bond donors (Lipinski definition) is 1. The minimum Gasteiger partial charge on any atom is -0.489 e. The lowest BCUT2D eigenvalue weighted by molar-refractivity contribution is -0.122. The molecule has 1 aliphatic rings. The van der Waals surface area contributed by atoms with Gasteiger partial charge in [-0.15, -0.1) is 0 Å². The SMILES string of the molecule is O=C1NC(=O)N(c2ccc(OCc3ccccc3)cc2)C(=O)/C1=C/c1cc(Br)cc(Br)c1OCc1ccc(Cl)cc1. The van der Waals surface area contributed by atoms with Crippen LogP contribution in [-0.4, -0.2) is 17.8 Å². The first-order valence-electron chi connectivity index (χ1n) is 12.3. The van der Waals surface area contributed by atoms with Gasteiger partial charge in [0.05, 0.1) is 10.2 Å². The average Bonchev–Trinajstić information content (AvgIpc) is 2.95. The van der Waals surface area contributed by atoms with Gasteiger partial charge in [0, 0.05) is 15.1 Å². The third-order valence-electron chi connectivity index (χ3n) is 6.08. The molecule has 0 radical (unpaired) electrons. The normalized spacial score (nSPS) is 14.3. The summed E-state index contributed by atoms with van der Waals surface area (Å²) >= 11 is 12.9. The highest BCUT2D eigenvalue weighted by Gasteiger charge is 2.37. The maximum atomic E-state index is 13.5. The van der Waals surface area contributed by atoms with Gasteiger partial charge in [0.1, 0.15) is 30.3 Å². The number of benzene rings is 4. The van der Waals surface area contributed by atoms with Gasteiger partial charge in [-0.3, -0.25) is 14.9 Å². The summed E-state index contributed by atoms with van der Waals surface area (Å²) in [7, 11) is 0. The van der Waals surface area contributed by atoms with Gasteiger partial charge >= 0.3 is 6.03 Å². The van der Waals surface area contributed by atoms with E-state index < -0.39 is 17.8 Å². The van der Waals surface area contributed by atoms with Crippen LogP contribution < -0.4 is 19.7 Å². The molecule has 1 aliphatic heterocycles. The van der Waals surface area contributed by atoms with Crippen LogP contribution in [0.1, 0.15) is 16.7 Å². The Hall–Kier alpha value is -3.92. The number of nitrogens with one attached hydrogen (secondary N) is 1. The van der Waals surface area contributed by atoms with Crippen LogP contribution in [0.25, 0.3) is 6.08 Å². The zero-order valence-corrected chi connectivity index (χ0v) is 25.2. The molecule has 0 unspecified atom stereocenters. The summed E-state index contributed by atoms with van der Waals surface area (Å²) in [6, 6.07) is 26.0. The minimum atomic E-state index is -0.843. The number of barbiturate groups is 1. The number of anilines is 1. The third-order valence-corrected chi connectivity index (χ3v) is 7.38. The van der Waals surface area contributed by atoms with Crippen LogP contribution in [0.2, 0.25) is 5.02 Å². The zero-order chi connectivity index (χ0) is 28.9. The molecule has 0 aliphatic carbocycles. The maximum Gasteiger partial charge on any atom is 0.335 e. The molecule has 0 bridgehead atoms. The van der Waals surface area contributed by atoms with Gasteiger partial charge in [-0.05, 0) is 81.7 Å². The molecule has 1 N–H and O–H groups in total. The van der Waals surface area contributed by atoms with Crippen molar-refractivity contribution >= 4 is 73.1 Å². The number of carbonyl (C=O) groups is 3. The van der Waals surface area contributed by atoms with Gasteiger partial charge in [0.2, 0.25) is 0 Å². The first-order valence-corrected chi connectivity index (χ1v) is 14.3. The van der Waals surface area contributed by atoms with Crippen molar-refractivity contribution < 1.29 is 23.9 Å². The fourth-order valence-electron chi connectivity index (χ4n) is 4.06. The van der Waals surface area contributed by atoms with E-state index in [0.29, 0.717) is 37.6 Å². The van der Waals surface area contributed by atoms with E-state index in [4.69, 9.17) is 21.1 Å². The molecule has 1 heterocycles. The van der Waals surface area contributed by atoms with Crippen molar-refractivity contribution in [3.63, 3.8) is 0 Å². The van der Waals surface area contributed by atoms with E-state index in [0.717, 1.165) is 16.0 Å². The molecule has 0 saturated carbocycles. The van der Waals surface area contributed by atoms with E-state index in [1.807, 2.05) is 42.5 Å². The van der Waals surface area contributed by atoms with E-state index in [9.17, 15) is 14.4 Å². The maximum absolute atomic E-state index is 13.5. The van der Waals surface area contributed by atoms with Crippen LogP contribution in [0.4, 0.5) is 10.5 Å². The molecule has 1 fully saturated rings. The number of hydrogen-bond acceptors (Lipinski definition) is 5. The quantitative estimate of drug-likeness (QED) is 0.151. The van der Waals surface area contributed by atoms with Crippen molar-refractivity contribution in [3.8, 4) is 11.5 Å². The van der Waals surface area contributed by atoms with Gasteiger partial charge in [0.25, 0.3) is 11.8 Å². The summed E-state index contributed by atoms with van der Waals surface area (Å²) in [5, 5.41) is 2.86. The Kier molecular flexibility index (Phi) is 8.87. The number of amides is 4. The van der Waals surface area contributed by atoms with E-state index in [-0.39, 0.29) is 17.9 Å². The molecule has 4 aromatic rings. The molecule has 4 amide bonds. The van der Waals surface area contributed by atoms with Crippen molar-refractivity contribution in [1.82, 2.24) is 5.32 Å². The summed E-state index contributed by atoms with van der Waals surface area (Å²) in [5.74, 6) is -0.592. The third kappa shape index (κ3) is 6.87. The number of rotatable bonds is 8. The van der Waals surface area contributed by atoms with Crippen LogP contribution in [0.15, 0.2) is 106 Å². The van der Waals surface area contributed by atoms with Crippen molar-refractivity contribution in [1.29, 1.82) is 0 Å². The van der Waals surface area contributed by atoms with Crippen molar-refractivity contribution in [2.45, 2.75) is 13.2 Å². The Labute approximate surface area is 258 Å². The molecule has 41 heavy (non-hydrogen) atoms. The second kappa shape index (κ2) is 12.7. The second-order valence-corrected chi connectivity index (χ2v) is 11.2. The average molecular weight is 697 g/mol. The molecule has 0 spiro atoms. The highest BCUT2D eigenvalue weighted by molar-refractivity contribution is 9.11. The highest BCUT2D eigenvalue weighted by Crippen LogP contribution is 2.36. The molecule has 206 valence electrons. The smallest absolute Gasteiger partial charge is 0.335 e. The molecule has 5 rings (SSSR count). The highest BCUT2D eigenvalue weighted by atomic mass is 79.9. The van der Waals surface area contributed by atoms with Gasteiger partial charge in [-0.1, -0.05) is 70.0 Å². The summed E-state index contributed by atoms with van der Waals surface area (Å²) in [4.78, 5) is 40.0. The fraction of sp³-hybridized carbons (Fsp3) is 0.0645. The van der Waals surface area contributed by atoms with Crippen LogP contribution in [0, 0.1) is 0 Å². The second-order valence-electron chi connectivity index (χ2n) is 8.95.